The number of aromatic carboxylic acids is 1. The summed E-state index contributed by atoms with van der Waals surface area (Å²) in [5.41, 5.74) is 0.480. The van der Waals surface area contributed by atoms with E-state index in [2.05, 4.69) is 0 Å². The summed E-state index contributed by atoms with van der Waals surface area (Å²) in [5.74, 6) is -1.61. The van der Waals surface area contributed by atoms with E-state index in [1.165, 1.54) is 19.1 Å². The number of aryl methyl sites for hydroxylation is 1. The van der Waals surface area contributed by atoms with E-state index < -0.39 is 18.0 Å². The second kappa shape index (κ2) is 4.64. The Labute approximate surface area is 108 Å². The summed E-state index contributed by atoms with van der Waals surface area (Å²) in [6.07, 6.45) is -1.02. The van der Waals surface area contributed by atoms with E-state index in [0.29, 0.717) is 16.7 Å². The molecule has 100 valence electrons. The lowest BCUT2D eigenvalue weighted by atomic mass is 10.1. The molecule has 0 aliphatic heterocycles. The third kappa shape index (κ3) is 2.37. The molecule has 0 spiro atoms. The number of carboxylic acids is 2. The topological polar surface area (TPSA) is 97.0 Å². The predicted molar refractivity (Wildman–Crippen MR) is 65.6 cm³/mol. The van der Waals surface area contributed by atoms with Crippen LogP contribution in [0.2, 0.25) is 0 Å². The number of ether oxygens (including phenoxy) is 1. The van der Waals surface area contributed by atoms with Crippen LogP contribution in [0.15, 0.2) is 22.6 Å². The van der Waals surface area contributed by atoms with Crippen molar-refractivity contribution in [3.05, 3.63) is 29.5 Å². The Morgan fingerprint density at radius 1 is 1.32 bits per heavy atom. The monoisotopic (exact) mass is 264 g/mol. The molecule has 1 aromatic heterocycles. The first kappa shape index (κ1) is 12.9. The van der Waals surface area contributed by atoms with Crippen LogP contribution in [0.3, 0.4) is 0 Å². The second-order valence-electron chi connectivity index (χ2n) is 4.09. The average molecular weight is 264 g/mol. The van der Waals surface area contributed by atoms with Gasteiger partial charge in [-0.05, 0) is 32.0 Å². The predicted octanol–water partition coefficient (Wildman–Crippen LogP) is 2.29. The van der Waals surface area contributed by atoms with Crippen molar-refractivity contribution in [3.63, 3.8) is 0 Å². The second-order valence-corrected chi connectivity index (χ2v) is 4.09. The Kier molecular flexibility index (Phi) is 3.16. The Morgan fingerprint density at radius 3 is 2.58 bits per heavy atom. The fourth-order valence-corrected chi connectivity index (χ4v) is 1.79. The van der Waals surface area contributed by atoms with E-state index >= 15 is 0 Å². The van der Waals surface area contributed by atoms with E-state index in [0.717, 1.165) is 0 Å². The molecule has 2 rings (SSSR count). The van der Waals surface area contributed by atoms with Crippen LogP contribution in [-0.2, 0) is 4.79 Å². The van der Waals surface area contributed by atoms with Gasteiger partial charge in [0.2, 0.25) is 0 Å². The van der Waals surface area contributed by atoms with Crippen molar-refractivity contribution < 1.29 is 29.0 Å². The lowest BCUT2D eigenvalue weighted by molar-refractivity contribution is -0.144. The zero-order valence-electron chi connectivity index (χ0n) is 10.3. The van der Waals surface area contributed by atoms with Crippen LogP contribution in [0, 0.1) is 6.92 Å². The van der Waals surface area contributed by atoms with Crippen LogP contribution < -0.4 is 4.74 Å². The Hall–Kier alpha value is -2.50. The number of furan rings is 1. The Bertz CT molecular complexity index is 654. The fourth-order valence-electron chi connectivity index (χ4n) is 1.79. The smallest absolute Gasteiger partial charge is 0.344 e. The van der Waals surface area contributed by atoms with Crippen molar-refractivity contribution in [2.24, 2.45) is 0 Å². The van der Waals surface area contributed by atoms with Crippen LogP contribution in [0.4, 0.5) is 0 Å². The summed E-state index contributed by atoms with van der Waals surface area (Å²) in [4.78, 5) is 21.9. The van der Waals surface area contributed by atoms with Gasteiger partial charge in [-0.3, -0.25) is 0 Å². The number of carboxylic acid groups (broad SMARTS) is 2. The van der Waals surface area contributed by atoms with Crippen LogP contribution in [0.25, 0.3) is 11.0 Å². The van der Waals surface area contributed by atoms with Gasteiger partial charge in [0.1, 0.15) is 22.7 Å². The summed E-state index contributed by atoms with van der Waals surface area (Å²) >= 11 is 0. The van der Waals surface area contributed by atoms with E-state index in [4.69, 9.17) is 19.4 Å². The van der Waals surface area contributed by atoms with Gasteiger partial charge in [-0.15, -0.1) is 0 Å². The minimum Gasteiger partial charge on any atom is -0.479 e. The van der Waals surface area contributed by atoms with E-state index in [-0.39, 0.29) is 11.3 Å². The number of hydrogen-bond donors (Lipinski definition) is 2. The molecule has 1 aromatic carbocycles. The molecule has 1 atom stereocenters. The first-order valence-corrected chi connectivity index (χ1v) is 5.56. The number of fused-ring (bicyclic) bond motifs is 1. The third-order valence-corrected chi connectivity index (χ3v) is 2.71. The van der Waals surface area contributed by atoms with Crippen molar-refractivity contribution in [1.29, 1.82) is 0 Å². The quantitative estimate of drug-likeness (QED) is 0.879. The van der Waals surface area contributed by atoms with Crippen molar-refractivity contribution in [2.75, 3.05) is 0 Å². The Balaban J connectivity index is 2.47. The third-order valence-electron chi connectivity index (χ3n) is 2.71. The first-order chi connectivity index (χ1) is 8.90. The van der Waals surface area contributed by atoms with Crippen molar-refractivity contribution in [1.82, 2.24) is 0 Å². The standard InChI is InChI=1S/C13H12O6/c1-6-11(13(16)17)9-5-8(3-4-10(9)19-6)18-7(2)12(14)15/h3-5,7H,1-2H3,(H,14,15)(H,16,17)/t7-/m1/s1. The van der Waals surface area contributed by atoms with Gasteiger partial charge < -0.3 is 19.4 Å². The molecule has 0 saturated heterocycles. The van der Waals surface area contributed by atoms with Gasteiger partial charge in [0.15, 0.2) is 6.10 Å². The molecule has 0 amide bonds. The zero-order chi connectivity index (χ0) is 14.2. The number of benzene rings is 1. The van der Waals surface area contributed by atoms with Gasteiger partial charge in [-0.25, -0.2) is 9.59 Å². The van der Waals surface area contributed by atoms with Crippen molar-refractivity contribution in [3.8, 4) is 5.75 Å². The maximum Gasteiger partial charge on any atom is 0.344 e. The highest BCUT2D eigenvalue weighted by Gasteiger charge is 2.19. The fraction of sp³-hybridized carbons (Fsp3) is 0.231. The van der Waals surface area contributed by atoms with Gasteiger partial charge in [0.25, 0.3) is 0 Å². The normalized spacial score (nSPS) is 12.3. The molecular formula is C13H12O6. The SMILES string of the molecule is Cc1oc2ccc(O[C@H](C)C(=O)O)cc2c1C(=O)O. The Morgan fingerprint density at radius 2 is 2.00 bits per heavy atom. The summed E-state index contributed by atoms with van der Waals surface area (Å²) in [7, 11) is 0. The lowest BCUT2D eigenvalue weighted by Crippen LogP contribution is -2.22. The molecule has 0 aliphatic carbocycles. The van der Waals surface area contributed by atoms with Gasteiger partial charge >= 0.3 is 11.9 Å². The molecule has 0 aliphatic rings. The van der Waals surface area contributed by atoms with Gasteiger partial charge in [0, 0.05) is 5.39 Å². The zero-order valence-corrected chi connectivity index (χ0v) is 10.3. The van der Waals surface area contributed by atoms with Gasteiger partial charge in [-0.1, -0.05) is 0 Å². The van der Waals surface area contributed by atoms with Crippen LogP contribution in [0.1, 0.15) is 23.0 Å². The largest absolute Gasteiger partial charge is 0.479 e. The maximum absolute atomic E-state index is 11.1. The molecular weight excluding hydrogens is 252 g/mol. The van der Waals surface area contributed by atoms with Crippen LogP contribution >= 0.6 is 0 Å². The number of hydrogen-bond acceptors (Lipinski definition) is 4. The lowest BCUT2D eigenvalue weighted by Gasteiger charge is -2.09. The average Bonchev–Trinajstić information content (AvgIpc) is 2.64. The molecule has 0 saturated carbocycles. The number of rotatable bonds is 4. The molecule has 0 bridgehead atoms. The molecule has 1 heterocycles. The summed E-state index contributed by atoms with van der Waals surface area (Å²) in [6, 6.07) is 4.56. The molecule has 0 radical (unpaired) electrons. The highest BCUT2D eigenvalue weighted by atomic mass is 16.5. The summed E-state index contributed by atoms with van der Waals surface area (Å²) < 4.78 is 10.5. The maximum atomic E-state index is 11.1. The van der Waals surface area contributed by atoms with E-state index in [9.17, 15) is 9.59 Å². The van der Waals surface area contributed by atoms with Gasteiger partial charge in [0.05, 0.1) is 0 Å². The summed E-state index contributed by atoms with van der Waals surface area (Å²) in [5, 5.41) is 18.3. The molecule has 6 heteroatoms. The van der Waals surface area contributed by atoms with E-state index in [1.54, 1.807) is 13.0 Å². The van der Waals surface area contributed by atoms with E-state index in [1.807, 2.05) is 0 Å². The van der Waals surface area contributed by atoms with Crippen LogP contribution in [0.5, 0.6) is 5.75 Å². The van der Waals surface area contributed by atoms with Crippen molar-refractivity contribution in [2.45, 2.75) is 20.0 Å². The van der Waals surface area contributed by atoms with Gasteiger partial charge in [-0.2, -0.15) is 0 Å². The molecule has 19 heavy (non-hydrogen) atoms. The molecule has 2 aromatic rings. The number of carbonyl (C=O) groups is 2. The molecule has 2 N–H and O–H groups in total. The van der Waals surface area contributed by atoms with Crippen molar-refractivity contribution >= 4 is 22.9 Å². The molecule has 0 fully saturated rings. The first-order valence-electron chi connectivity index (χ1n) is 5.56. The highest BCUT2D eigenvalue weighted by Crippen LogP contribution is 2.29. The minimum atomic E-state index is -1.10. The highest BCUT2D eigenvalue weighted by molar-refractivity contribution is 6.03. The van der Waals surface area contributed by atoms with Crippen LogP contribution in [-0.4, -0.2) is 28.3 Å². The molecule has 0 unspecified atom stereocenters. The number of aliphatic carboxylic acids is 1. The minimum absolute atomic E-state index is 0.0587. The summed E-state index contributed by atoms with van der Waals surface area (Å²) in [6.45, 7) is 2.95. The molecule has 6 nitrogen and oxygen atoms in total.